The standard InChI is InChI=1S/C9H18N2O2/c1-4-5-6-8(2)7-11-13-9(12)10-3/h7-8H,4-6H2,1-3H3,(H,10,12)/b11-7+. The number of carbonyl (C=O) groups is 1. The van der Waals surface area contributed by atoms with Crippen LogP contribution in [0.5, 0.6) is 0 Å². The molecule has 76 valence electrons. The Bertz CT molecular complexity index is 169. The summed E-state index contributed by atoms with van der Waals surface area (Å²) in [6.45, 7) is 4.19. The Morgan fingerprint density at radius 1 is 1.69 bits per heavy atom. The predicted octanol–water partition coefficient (Wildman–Crippen LogP) is 2.15. The van der Waals surface area contributed by atoms with Crippen LogP contribution in [0.15, 0.2) is 5.16 Å². The number of carbonyl (C=O) groups excluding carboxylic acids is 1. The number of hydrogen-bond acceptors (Lipinski definition) is 3. The molecule has 1 amide bonds. The summed E-state index contributed by atoms with van der Waals surface area (Å²) in [7, 11) is 1.50. The van der Waals surface area contributed by atoms with Crippen LogP contribution in [0.3, 0.4) is 0 Å². The fraction of sp³-hybridized carbons (Fsp3) is 0.778. The number of nitrogens with one attached hydrogen (secondary N) is 1. The first-order valence-electron chi connectivity index (χ1n) is 4.63. The fourth-order valence-electron chi connectivity index (χ4n) is 0.828. The van der Waals surface area contributed by atoms with E-state index in [9.17, 15) is 4.79 Å². The lowest BCUT2D eigenvalue weighted by Gasteiger charge is -2.02. The number of hydrogen-bond donors (Lipinski definition) is 1. The molecule has 0 aliphatic heterocycles. The fourth-order valence-corrected chi connectivity index (χ4v) is 0.828. The first-order chi connectivity index (χ1) is 6.20. The summed E-state index contributed by atoms with van der Waals surface area (Å²) >= 11 is 0. The topological polar surface area (TPSA) is 50.7 Å². The summed E-state index contributed by atoms with van der Waals surface area (Å²) in [4.78, 5) is 15.0. The minimum absolute atomic E-state index is 0.365. The Balaban J connectivity index is 3.52. The summed E-state index contributed by atoms with van der Waals surface area (Å²) in [5.41, 5.74) is 0. The molecular weight excluding hydrogens is 168 g/mol. The van der Waals surface area contributed by atoms with E-state index >= 15 is 0 Å². The van der Waals surface area contributed by atoms with Crippen molar-refractivity contribution in [2.75, 3.05) is 7.05 Å². The van der Waals surface area contributed by atoms with Gasteiger partial charge in [-0.2, -0.15) is 0 Å². The Morgan fingerprint density at radius 2 is 2.38 bits per heavy atom. The van der Waals surface area contributed by atoms with Crippen molar-refractivity contribution in [1.82, 2.24) is 5.32 Å². The molecule has 0 heterocycles. The third-order valence-electron chi connectivity index (χ3n) is 1.67. The van der Waals surface area contributed by atoms with Gasteiger partial charge in [-0.3, -0.25) is 4.84 Å². The molecule has 0 radical (unpaired) electrons. The maximum atomic E-state index is 10.6. The quantitative estimate of drug-likeness (QED) is 0.406. The van der Waals surface area contributed by atoms with Crippen molar-refractivity contribution >= 4 is 12.3 Å². The lowest BCUT2D eigenvalue weighted by Crippen LogP contribution is -2.16. The van der Waals surface area contributed by atoms with Crippen LogP contribution >= 0.6 is 0 Å². The van der Waals surface area contributed by atoms with Crippen LogP contribution in [0.4, 0.5) is 4.79 Å². The number of nitrogens with zero attached hydrogens (tertiary/aromatic N) is 1. The molecule has 0 rings (SSSR count). The number of rotatable bonds is 5. The van der Waals surface area contributed by atoms with Crippen LogP contribution in [-0.2, 0) is 4.84 Å². The number of amides is 1. The highest BCUT2D eigenvalue weighted by Crippen LogP contribution is 2.04. The third-order valence-corrected chi connectivity index (χ3v) is 1.67. The lowest BCUT2D eigenvalue weighted by molar-refractivity contribution is 0.153. The first kappa shape index (κ1) is 11.9. The van der Waals surface area contributed by atoms with E-state index in [0.29, 0.717) is 5.92 Å². The van der Waals surface area contributed by atoms with Crippen LogP contribution in [-0.4, -0.2) is 19.4 Å². The van der Waals surface area contributed by atoms with Gasteiger partial charge in [0.25, 0.3) is 0 Å². The molecule has 0 aliphatic rings. The normalized spacial score (nSPS) is 12.8. The number of unbranched alkanes of at least 4 members (excludes halogenated alkanes) is 1. The minimum atomic E-state index is -0.529. The molecule has 0 saturated heterocycles. The van der Waals surface area contributed by atoms with Gasteiger partial charge in [-0.25, -0.2) is 4.79 Å². The van der Waals surface area contributed by atoms with E-state index in [-0.39, 0.29) is 0 Å². The first-order valence-corrected chi connectivity index (χ1v) is 4.63. The highest BCUT2D eigenvalue weighted by atomic mass is 16.7. The Hall–Kier alpha value is -1.06. The van der Waals surface area contributed by atoms with Crippen molar-refractivity contribution in [2.45, 2.75) is 33.1 Å². The molecule has 1 atom stereocenters. The van der Waals surface area contributed by atoms with Crippen LogP contribution < -0.4 is 5.32 Å². The van der Waals surface area contributed by atoms with Crippen LogP contribution in [0.2, 0.25) is 0 Å². The molecule has 13 heavy (non-hydrogen) atoms. The summed E-state index contributed by atoms with van der Waals surface area (Å²) in [6.07, 6.45) is 4.56. The van der Waals surface area contributed by atoms with Crippen molar-refractivity contribution in [3.05, 3.63) is 0 Å². The second-order valence-electron chi connectivity index (χ2n) is 3.00. The smallest absolute Gasteiger partial charge is 0.323 e. The van der Waals surface area contributed by atoms with Crippen LogP contribution in [0.25, 0.3) is 0 Å². The SMILES string of the molecule is CCCCC(C)/C=N/OC(=O)NC. The van der Waals surface area contributed by atoms with E-state index in [4.69, 9.17) is 0 Å². The summed E-state index contributed by atoms with van der Waals surface area (Å²) in [6, 6.07) is 0. The summed E-state index contributed by atoms with van der Waals surface area (Å²) < 4.78 is 0. The second kappa shape index (κ2) is 7.58. The average molecular weight is 186 g/mol. The van der Waals surface area contributed by atoms with Gasteiger partial charge in [-0.05, 0) is 12.3 Å². The van der Waals surface area contributed by atoms with Gasteiger partial charge in [-0.15, -0.1) is 0 Å². The molecule has 1 unspecified atom stereocenters. The van der Waals surface area contributed by atoms with Crippen molar-refractivity contribution < 1.29 is 9.63 Å². The van der Waals surface area contributed by atoms with Gasteiger partial charge >= 0.3 is 6.09 Å². The lowest BCUT2D eigenvalue weighted by atomic mass is 10.1. The molecule has 0 aromatic heterocycles. The second-order valence-corrected chi connectivity index (χ2v) is 3.00. The molecule has 0 aromatic rings. The zero-order valence-electron chi connectivity index (χ0n) is 8.54. The molecular formula is C9H18N2O2. The van der Waals surface area contributed by atoms with E-state index in [1.165, 1.54) is 19.9 Å². The van der Waals surface area contributed by atoms with Crippen LogP contribution in [0.1, 0.15) is 33.1 Å². The van der Waals surface area contributed by atoms with Crippen molar-refractivity contribution in [2.24, 2.45) is 11.1 Å². The van der Waals surface area contributed by atoms with Crippen molar-refractivity contribution in [3.8, 4) is 0 Å². The molecule has 0 bridgehead atoms. The van der Waals surface area contributed by atoms with Gasteiger partial charge in [0.15, 0.2) is 0 Å². The van der Waals surface area contributed by atoms with Gasteiger partial charge in [0, 0.05) is 13.3 Å². The summed E-state index contributed by atoms with van der Waals surface area (Å²) in [5, 5.41) is 5.86. The van der Waals surface area contributed by atoms with Gasteiger partial charge < -0.3 is 5.32 Å². The zero-order valence-corrected chi connectivity index (χ0v) is 8.54. The monoisotopic (exact) mass is 186 g/mol. The van der Waals surface area contributed by atoms with Gasteiger partial charge in [0.2, 0.25) is 0 Å². The zero-order chi connectivity index (χ0) is 10.1. The van der Waals surface area contributed by atoms with E-state index in [1.54, 1.807) is 6.21 Å². The van der Waals surface area contributed by atoms with E-state index < -0.39 is 6.09 Å². The molecule has 1 N–H and O–H groups in total. The maximum Gasteiger partial charge on any atom is 0.433 e. The molecule has 0 fully saturated rings. The molecule has 4 nitrogen and oxygen atoms in total. The van der Waals surface area contributed by atoms with Crippen LogP contribution in [0, 0.1) is 5.92 Å². The largest absolute Gasteiger partial charge is 0.433 e. The highest BCUT2D eigenvalue weighted by Gasteiger charge is 1.98. The van der Waals surface area contributed by atoms with E-state index in [2.05, 4.69) is 22.2 Å². The minimum Gasteiger partial charge on any atom is -0.323 e. The van der Waals surface area contributed by atoms with Gasteiger partial charge in [0.05, 0.1) is 0 Å². The summed E-state index contributed by atoms with van der Waals surface area (Å²) in [5.74, 6) is 0.365. The van der Waals surface area contributed by atoms with E-state index in [0.717, 1.165) is 6.42 Å². The number of oxime groups is 1. The third kappa shape index (κ3) is 7.31. The maximum absolute atomic E-state index is 10.6. The Morgan fingerprint density at radius 3 is 2.92 bits per heavy atom. The average Bonchev–Trinajstić information content (AvgIpc) is 2.14. The predicted molar refractivity (Wildman–Crippen MR) is 52.7 cm³/mol. The molecule has 0 aromatic carbocycles. The highest BCUT2D eigenvalue weighted by molar-refractivity contribution is 5.68. The molecule has 0 saturated carbocycles. The molecule has 0 spiro atoms. The van der Waals surface area contributed by atoms with E-state index in [1.807, 2.05) is 6.92 Å². The Kier molecular flexibility index (Phi) is 6.96. The van der Waals surface area contributed by atoms with Gasteiger partial charge in [-0.1, -0.05) is 31.8 Å². The molecule has 0 aliphatic carbocycles. The van der Waals surface area contributed by atoms with Gasteiger partial charge in [0.1, 0.15) is 0 Å². The van der Waals surface area contributed by atoms with Crippen molar-refractivity contribution in [1.29, 1.82) is 0 Å². The van der Waals surface area contributed by atoms with Crippen molar-refractivity contribution in [3.63, 3.8) is 0 Å². The molecule has 4 heteroatoms. The Labute approximate surface area is 79.3 Å².